The van der Waals surface area contributed by atoms with Crippen LogP contribution < -0.4 is 5.32 Å². The zero-order chi connectivity index (χ0) is 18.8. The van der Waals surface area contributed by atoms with Crippen LogP contribution in [0.3, 0.4) is 0 Å². The molecule has 0 bridgehead atoms. The first kappa shape index (κ1) is 17.7. The Kier molecular flexibility index (Phi) is 4.89. The Bertz CT molecular complexity index is 984. The number of fused-ring (bicyclic) bond motifs is 1. The molecule has 1 N–H and O–H groups in total. The average molecular weight is 428 g/mol. The van der Waals surface area contributed by atoms with E-state index in [1.165, 1.54) is 0 Å². The monoisotopic (exact) mass is 427 g/mol. The third kappa shape index (κ3) is 3.85. The van der Waals surface area contributed by atoms with Gasteiger partial charge in [0.2, 0.25) is 11.7 Å². The van der Waals surface area contributed by atoms with Crippen LogP contribution in [0.2, 0.25) is 0 Å². The maximum Gasteiger partial charge on any atom is 0.272 e. The molecule has 1 aliphatic heterocycles. The molecule has 0 unspecified atom stereocenters. The van der Waals surface area contributed by atoms with Gasteiger partial charge in [-0.05, 0) is 27.9 Å². The molecule has 0 saturated carbocycles. The van der Waals surface area contributed by atoms with Crippen LogP contribution in [-0.2, 0) is 11.2 Å². The highest BCUT2D eigenvalue weighted by atomic mass is 79.9. The van der Waals surface area contributed by atoms with Crippen molar-refractivity contribution in [3.63, 3.8) is 0 Å². The molecule has 4 rings (SSSR count). The normalized spacial score (nSPS) is 14.6. The summed E-state index contributed by atoms with van der Waals surface area (Å²) in [5.41, 5.74) is 1.23. The zero-order valence-corrected chi connectivity index (χ0v) is 16.1. The number of benzene rings is 1. The molecule has 0 aliphatic carbocycles. The molecule has 8 heteroatoms. The number of carbonyl (C=O) groups is 2. The maximum absolute atomic E-state index is 12.8. The fraction of sp³-hybridized carbons (Fsp3) is 0.263. The molecule has 27 heavy (non-hydrogen) atoms. The minimum absolute atomic E-state index is 0.0527. The predicted molar refractivity (Wildman–Crippen MR) is 103 cm³/mol. The van der Waals surface area contributed by atoms with Crippen molar-refractivity contribution in [2.24, 2.45) is 0 Å². The van der Waals surface area contributed by atoms with Crippen LogP contribution in [-0.4, -0.2) is 50.2 Å². The van der Waals surface area contributed by atoms with E-state index in [0.29, 0.717) is 12.2 Å². The Balaban J connectivity index is 1.55. The molecule has 2 amide bonds. The Hall–Kier alpha value is -2.74. The van der Waals surface area contributed by atoms with Gasteiger partial charge in [-0.2, -0.15) is 0 Å². The topological polar surface area (TPSA) is 79.6 Å². The van der Waals surface area contributed by atoms with Crippen LogP contribution >= 0.6 is 15.9 Å². The number of aromatic nitrogens is 3. The van der Waals surface area contributed by atoms with Gasteiger partial charge in [0.05, 0.1) is 4.47 Å². The second-order valence-corrected chi connectivity index (χ2v) is 7.42. The Morgan fingerprint density at radius 3 is 2.67 bits per heavy atom. The SMILES string of the molecule is O=C(N[C@@H](Cc1ccccc1)C(=O)N1CCC1)c1cn2cc(Br)cnc2n1. The van der Waals surface area contributed by atoms with Crippen molar-refractivity contribution < 1.29 is 9.59 Å². The van der Waals surface area contributed by atoms with Gasteiger partial charge < -0.3 is 10.2 Å². The van der Waals surface area contributed by atoms with Gasteiger partial charge in [0.25, 0.3) is 5.91 Å². The Morgan fingerprint density at radius 1 is 1.19 bits per heavy atom. The van der Waals surface area contributed by atoms with Crippen LogP contribution in [0, 0.1) is 0 Å². The zero-order valence-electron chi connectivity index (χ0n) is 14.5. The van der Waals surface area contributed by atoms with Crippen LogP contribution in [0.5, 0.6) is 0 Å². The summed E-state index contributed by atoms with van der Waals surface area (Å²) in [5.74, 6) is -0.00783. The highest BCUT2D eigenvalue weighted by Crippen LogP contribution is 2.13. The van der Waals surface area contributed by atoms with Gasteiger partial charge in [-0.3, -0.25) is 14.0 Å². The highest BCUT2D eigenvalue weighted by Gasteiger charge is 2.30. The fourth-order valence-electron chi connectivity index (χ4n) is 3.01. The summed E-state index contributed by atoms with van der Waals surface area (Å²) in [6, 6.07) is 9.06. The molecule has 3 aromatic rings. The number of rotatable bonds is 5. The molecular weight excluding hydrogens is 410 g/mol. The van der Waals surface area contributed by atoms with E-state index in [4.69, 9.17) is 0 Å². The number of hydrogen-bond acceptors (Lipinski definition) is 4. The first-order chi connectivity index (χ1) is 13.1. The van der Waals surface area contributed by atoms with Crippen molar-refractivity contribution in [2.45, 2.75) is 18.9 Å². The standard InChI is InChI=1S/C19H18BrN5O2/c20-14-10-21-19-23-16(12-25(19)11-14)17(26)22-15(18(27)24-7-4-8-24)9-13-5-2-1-3-6-13/h1-3,5-6,10-12,15H,4,7-9H2,(H,22,26)/t15-/m0/s1. The van der Waals surface area contributed by atoms with Crippen molar-refractivity contribution in [3.8, 4) is 0 Å². The number of nitrogens with zero attached hydrogens (tertiary/aromatic N) is 4. The summed E-state index contributed by atoms with van der Waals surface area (Å²) in [6.07, 6.45) is 6.45. The van der Waals surface area contributed by atoms with E-state index in [1.54, 1.807) is 27.9 Å². The predicted octanol–water partition coefficient (Wildman–Crippen LogP) is 2.07. The fourth-order valence-corrected chi connectivity index (χ4v) is 3.33. The van der Waals surface area contributed by atoms with E-state index in [0.717, 1.165) is 29.5 Å². The quantitative estimate of drug-likeness (QED) is 0.675. The van der Waals surface area contributed by atoms with E-state index in [1.807, 2.05) is 30.3 Å². The molecule has 0 radical (unpaired) electrons. The minimum atomic E-state index is -0.621. The number of hydrogen-bond donors (Lipinski definition) is 1. The molecule has 1 atom stereocenters. The van der Waals surface area contributed by atoms with Crippen LogP contribution in [0.4, 0.5) is 0 Å². The molecule has 138 valence electrons. The van der Waals surface area contributed by atoms with Crippen molar-refractivity contribution in [1.29, 1.82) is 0 Å². The molecule has 7 nitrogen and oxygen atoms in total. The Labute approximate surface area is 164 Å². The van der Waals surface area contributed by atoms with Crippen molar-refractivity contribution in [3.05, 3.63) is 64.7 Å². The lowest BCUT2D eigenvalue weighted by Gasteiger charge is -2.34. The first-order valence-corrected chi connectivity index (χ1v) is 9.53. The number of amides is 2. The number of halogens is 1. The van der Waals surface area contributed by atoms with E-state index < -0.39 is 6.04 Å². The van der Waals surface area contributed by atoms with Crippen LogP contribution in [0.25, 0.3) is 5.78 Å². The second-order valence-electron chi connectivity index (χ2n) is 6.50. The summed E-state index contributed by atoms with van der Waals surface area (Å²) < 4.78 is 2.46. The van der Waals surface area contributed by atoms with Gasteiger partial charge in [0.1, 0.15) is 11.7 Å². The number of imidazole rings is 1. The average Bonchev–Trinajstić information content (AvgIpc) is 3.03. The Morgan fingerprint density at radius 2 is 1.96 bits per heavy atom. The maximum atomic E-state index is 12.8. The lowest BCUT2D eigenvalue weighted by molar-refractivity contribution is -0.136. The lowest BCUT2D eigenvalue weighted by Crippen LogP contribution is -2.53. The third-order valence-electron chi connectivity index (χ3n) is 4.56. The van der Waals surface area contributed by atoms with Gasteiger partial charge in [0.15, 0.2) is 0 Å². The van der Waals surface area contributed by atoms with Gasteiger partial charge >= 0.3 is 0 Å². The summed E-state index contributed by atoms with van der Waals surface area (Å²) in [4.78, 5) is 35.7. The van der Waals surface area contributed by atoms with Gasteiger partial charge in [-0.1, -0.05) is 30.3 Å². The van der Waals surface area contributed by atoms with Gasteiger partial charge in [-0.25, -0.2) is 9.97 Å². The lowest BCUT2D eigenvalue weighted by atomic mass is 10.0. The highest BCUT2D eigenvalue weighted by molar-refractivity contribution is 9.10. The van der Waals surface area contributed by atoms with Gasteiger partial charge in [-0.15, -0.1) is 0 Å². The van der Waals surface area contributed by atoms with Crippen molar-refractivity contribution >= 4 is 33.5 Å². The summed E-state index contributed by atoms with van der Waals surface area (Å²) in [6.45, 7) is 1.48. The molecule has 3 heterocycles. The third-order valence-corrected chi connectivity index (χ3v) is 4.97. The van der Waals surface area contributed by atoms with Crippen molar-refractivity contribution in [1.82, 2.24) is 24.6 Å². The number of carbonyl (C=O) groups excluding carboxylic acids is 2. The number of nitrogens with one attached hydrogen (secondary N) is 1. The van der Waals surface area contributed by atoms with E-state index in [9.17, 15) is 9.59 Å². The molecule has 1 aliphatic rings. The van der Waals surface area contributed by atoms with Crippen molar-refractivity contribution in [2.75, 3.05) is 13.1 Å². The molecule has 1 aromatic carbocycles. The van der Waals surface area contributed by atoms with Gasteiger partial charge in [0, 0.05) is 38.1 Å². The molecule has 1 saturated heterocycles. The van der Waals surface area contributed by atoms with E-state index in [-0.39, 0.29) is 17.5 Å². The summed E-state index contributed by atoms with van der Waals surface area (Å²) >= 11 is 3.34. The van der Waals surface area contributed by atoms with E-state index in [2.05, 4.69) is 31.2 Å². The summed E-state index contributed by atoms with van der Waals surface area (Å²) in [5, 5.41) is 2.86. The molecule has 2 aromatic heterocycles. The molecule has 1 fully saturated rings. The molecular formula is C19H18BrN5O2. The summed E-state index contributed by atoms with van der Waals surface area (Å²) in [7, 11) is 0. The first-order valence-electron chi connectivity index (χ1n) is 8.74. The van der Waals surface area contributed by atoms with Crippen LogP contribution in [0.15, 0.2) is 53.4 Å². The van der Waals surface area contributed by atoms with Crippen LogP contribution in [0.1, 0.15) is 22.5 Å². The van der Waals surface area contributed by atoms with E-state index >= 15 is 0 Å². The minimum Gasteiger partial charge on any atom is -0.341 e. The largest absolute Gasteiger partial charge is 0.341 e. The number of likely N-dealkylation sites (tertiary alicyclic amines) is 1. The second kappa shape index (κ2) is 7.48. The smallest absolute Gasteiger partial charge is 0.272 e. The molecule has 0 spiro atoms.